The van der Waals surface area contributed by atoms with Gasteiger partial charge in [-0.25, -0.2) is 8.78 Å². The molecule has 19 heavy (non-hydrogen) atoms. The summed E-state index contributed by atoms with van der Waals surface area (Å²) in [5.41, 5.74) is 0. The van der Waals surface area contributed by atoms with Gasteiger partial charge in [-0.1, -0.05) is 15.9 Å². The van der Waals surface area contributed by atoms with E-state index in [4.69, 9.17) is 0 Å². The van der Waals surface area contributed by atoms with Crippen LogP contribution in [0, 0.1) is 5.92 Å². The molecule has 0 aromatic carbocycles. The normalized spacial score (nSPS) is 38.5. The Morgan fingerprint density at radius 1 is 1.05 bits per heavy atom. The standard InChI is InChI=1S/C14H20BrF2NO/c15-10-7-11-1-2-12(8-10)18(11)13(19)9-3-5-14(16,17)6-4-9/h9-12H,1-8H2. The van der Waals surface area contributed by atoms with E-state index in [0.29, 0.717) is 29.8 Å². The summed E-state index contributed by atoms with van der Waals surface area (Å²) in [6.07, 6.45) is 4.69. The number of hydrogen-bond acceptors (Lipinski definition) is 1. The maximum atomic E-state index is 13.2. The van der Waals surface area contributed by atoms with Gasteiger partial charge in [-0.2, -0.15) is 0 Å². The highest BCUT2D eigenvalue weighted by molar-refractivity contribution is 9.09. The number of rotatable bonds is 1. The van der Waals surface area contributed by atoms with Gasteiger partial charge in [0.15, 0.2) is 0 Å². The minimum absolute atomic E-state index is 0.117. The molecule has 3 aliphatic rings. The zero-order valence-electron chi connectivity index (χ0n) is 11.0. The van der Waals surface area contributed by atoms with E-state index >= 15 is 0 Å². The van der Waals surface area contributed by atoms with E-state index in [9.17, 15) is 13.6 Å². The van der Waals surface area contributed by atoms with Crippen molar-refractivity contribution in [1.29, 1.82) is 0 Å². The molecule has 2 atom stereocenters. The Hall–Kier alpha value is -0.190. The largest absolute Gasteiger partial charge is 0.336 e. The van der Waals surface area contributed by atoms with E-state index in [-0.39, 0.29) is 24.7 Å². The number of carbonyl (C=O) groups excluding carboxylic acids is 1. The van der Waals surface area contributed by atoms with Gasteiger partial charge in [0.05, 0.1) is 0 Å². The number of nitrogens with zero attached hydrogens (tertiary/aromatic N) is 1. The van der Waals surface area contributed by atoms with Crippen LogP contribution in [0.5, 0.6) is 0 Å². The maximum Gasteiger partial charge on any atom is 0.248 e. The molecule has 1 aliphatic carbocycles. The van der Waals surface area contributed by atoms with Crippen LogP contribution in [0.2, 0.25) is 0 Å². The summed E-state index contributed by atoms with van der Waals surface area (Å²) in [7, 11) is 0. The molecular weight excluding hydrogens is 316 g/mol. The summed E-state index contributed by atoms with van der Waals surface area (Å²) >= 11 is 3.66. The minimum Gasteiger partial charge on any atom is -0.336 e. The second-order valence-corrected chi connectivity index (χ2v) is 7.62. The van der Waals surface area contributed by atoms with Gasteiger partial charge in [-0.3, -0.25) is 4.79 Å². The van der Waals surface area contributed by atoms with Gasteiger partial charge in [0.25, 0.3) is 0 Å². The molecular formula is C14H20BrF2NO. The van der Waals surface area contributed by atoms with E-state index in [1.807, 2.05) is 4.90 Å². The summed E-state index contributed by atoms with van der Waals surface area (Å²) in [6, 6.07) is 0.691. The number of hydrogen-bond donors (Lipinski definition) is 0. The lowest BCUT2D eigenvalue weighted by molar-refractivity contribution is -0.143. The third kappa shape index (κ3) is 2.67. The molecule has 108 valence electrons. The third-order valence-corrected chi connectivity index (χ3v) is 5.74. The van der Waals surface area contributed by atoms with Gasteiger partial charge >= 0.3 is 0 Å². The molecule has 0 aromatic heterocycles. The summed E-state index contributed by atoms with van der Waals surface area (Å²) in [5, 5.41) is 0. The number of halogens is 3. The molecule has 2 unspecified atom stereocenters. The molecule has 5 heteroatoms. The van der Waals surface area contributed by atoms with Crippen molar-refractivity contribution in [2.24, 2.45) is 5.92 Å². The summed E-state index contributed by atoms with van der Waals surface area (Å²) in [4.78, 5) is 15.2. The molecule has 3 fully saturated rings. The number of carbonyl (C=O) groups is 1. The number of amides is 1. The molecule has 3 rings (SSSR count). The lowest BCUT2D eigenvalue weighted by Gasteiger charge is -2.40. The van der Waals surface area contributed by atoms with Crippen LogP contribution in [-0.2, 0) is 4.79 Å². The topological polar surface area (TPSA) is 20.3 Å². The number of fused-ring (bicyclic) bond motifs is 2. The molecule has 2 saturated heterocycles. The van der Waals surface area contributed by atoms with Crippen LogP contribution < -0.4 is 0 Å². The average Bonchev–Trinajstić information content (AvgIpc) is 2.61. The molecule has 1 saturated carbocycles. The molecule has 1 amide bonds. The van der Waals surface area contributed by atoms with Gasteiger partial charge in [-0.05, 0) is 38.5 Å². The zero-order valence-corrected chi connectivity index (χ0v) is 12.5. The monoisotopic (exact) mass is 335 g/mol. The van der Waals surface area contributed by atoms with Crippen LogP contribution in [0.1, 0.15) is 51.4 Å². The van der Waals surface area contributed by atoms with Crippen molar-refractivity contribution < 1.29 is 13.6 Å². The van der Waals surface area contributed by atoms with Crippen LogP contribution in [0.4, 0.5) is 8.78 Å². The van der Waals surface area contributed by atoms with Crippen LogP contribution in [0.15, 0.2) is 0 Å². The van der Waals surface area contributed by atoms with Gasteiger partial charge in [0.1, 0.15) is 0 Å². The lowest BCUT2D eigenvalue weighted by Crippen LogP contribution is -2.50. The van der Waals surface area contributed by atoms with Crippen molar-refractivity contribution in [3.63, 3.8) is 0 Å². The third-order valence-electron chi connectivity index (χ3n) is 5.00. The highest BCUT2D eigenvalue weighted by Gasteiger charge is 2.46. The Bertz CT molecular complexity index is 352. The fraction of sp³-hybridized carbons (Fsp3) is 0.929. The fourth-order valence-corrected chi connectivity index (χ4v) is 4.83. The quantitative estimate of drug-likeness (QED) is 0.668. The summed E-state index contributed by atoms with van der Waals surface area (Å²) in [6.45, 7) is 0. The van der Waals surface area contributed by atoms with Crippen molar-refractivity contribution in [1.82, 2.24) is 4.90 Å². The minimum atomic E-state index is -2.54. The van der Waals surface area contributed by atoms with Crippen LogP contribution >= 0.6 is 15.9 Å². The summed E-state index contributed by atoms with van der Waals surface area (Å²) < 4.78 is 26.3. The number of piperidine rings is 1. The summed E-state index contributed by atoms with van der Waals surface area (Å²) in [5.74, 6) is -2.55. The first-order valence-corrected chi connectivity index (χ1v) is 8.22. The lowest BCUT2D eigenvalue weighted by atomic mass is 9.85. The van der Waals surface area contributed by atoms with Gasteiger partial charge < -0.3 is 4.90 Å². The van der Waals surface area contributed by atoms with E-state index in [1.54, 1.807) is 0 Å². The Kier molecular flexibility index (Phi) is 3.61. The fourth-order valence-electron chi connectivity index (χ4n) is 3.97. The predicted octanol–water partition coefficient (Wildman–Crippen LogP) is 3.73. The van der Waals surface area contributed by atoms with Gasteiger partial charge in [0.2, 0.25) is 11.8 Å². The Balaban J connectivity index is 1.65. The van der Waals surface area contributed by atoms with Crippen molar-refractivity contribution in [2.45, 2.75) is 74.2 Å². The van der Waals surface area contributed by atoms with E-state index in [0.717, 1.165) is 25.7 Å². The van der Waals surface area contributed by atoms with Crippen molar-refractivity contribution in [2.75, 3.05) is 0 Å². The van der Waals surface area contributed by atoms with Crippen LogP contribution in [-0.4, -0.2) is 33.6 Å². The molecule has 0 N–H and O–H groups in total. The van der Waals surface area contributed by atoms with E-state index in [2.05, 4.69) is 15.9 Å². The maximum absolute atomic E-state index is 13.2. The Labute approximate surface area is 121 Å². The van der Waals surface area contributed by atoms with E-state index < -0.39 is 5.92 Å². The predicted molar refractivity (Wildman–Crippen MR) is 72.5 cm³/mol. The molecule has 0 aromatic rings. The van der Waals surface area contributed by atoms with Crippen LogP contribution in [0.25, 0.3) is 0 Å². The highest BCUT2D eigenvalue weighted by atomic mass is 79.9. The van der Waals surface area contributed by atoms with E-state index in [1.165, 1.54) is 0 Å². The molecule has 2 bridgehead atoms. The molecule has 2 aliphatic heterocycles. The molecule has 2 nitrogen and oxygen atoms in total. The second-order valence-electron chi connectivity index (χ2n) is 6.33. The van der Waals surface area contributed by atoms with Crippen molar-refractivity contribution in [3.8, 4) is 0 Å². The second kappa shape index (κ2) is 4.97. The van der Waals surface area contributed by atoms with Crippen molar-refractivity contribution in [3.05, 3.63) is 0 Å². The molecule has 0 spiro atoms. The number of alkyl halides is 3. The first-order valence-electron chi connectivity index (χ1n) is 7.30. The smallest absolute Gasteiger partial charge is 0.248 e. The average molecular weight is 336 g/mol. The Morgan fingerprint density at radius 2 is 1.58 bits per heavy atom. The van der Waals surface area contributed by atoms with Crippen LogP contribution in [0.3, 0.4) is 0 Å². The zero-order chi connectivity index (χ0) is 13.6. The highest BCUT2D eigenvalue weighted by Crippen LogP contribution is 2.42. The molecule has 0 radical (unpaired) electrons. The first-order chi connectivity index (χ1) is 8.96. The Morgan fingerprint density at radius 3 is 2.11 bits per heavy atom. The first kappa shape index (κ1) is 13.8. The SMILES string of the molecule is O=C(C1CCC(F)(F)CC1)N1C2CCC1CC(Br)C2. The molecule has 2 heterocycles. The van der Waals surface area contributed by atoms with Gasteiger partial charge in [0, 0.05) is 35.7 Å². The van der Waals surface area contributed by atoms with Gasteiger partial charge in [-0.15, -0.1) is 0 Å². The van der Waals surface area contributed by atoms with Crippen molar-refractivity contribution >= 4 is 21.8 Å².